The van der Waals surface area contributed by atoms with Crippen LogP contribution in [0.1, 0.15) is 44.6 Å². The average Bonchev–Trinajstić information content (AvgIpc) is 3.26. The lowest BCUT2D eigenvalue weighted by atomic mass is 10.0. The van der Waals surface area contributed by atoms with Crippen molar-refractivity contribution in [2.24, 2.45) is 4.99 Å². The van der Waals surface area contributed by atoms with E-state index in [4.69, 9.17) is 9.72 Å². The van der Waals surface area contributed by atoms with Crippen molar-refractivity contribution in [3.8, 4) is 21.7 Å². The van der Waals surface area contributed by atoms with Crippen LogP contribution in [0.25, 0.3) is 21.7 Å². The summed E-state index contributed by atoms with van der Waals surface area (Å²) in [4.78, 5) is 43.7. The monoisotopic (exact) mass is 548 g/mol. The molecule has 0 aliphatic carbocycles. The number of nitrogens with zero attached hydrogens (tertiary/aromatic N) is 5. The Labute approximate surface area is 233 Å². The molecule has 1 aromatic carbocycles. The van der Waals surface area contributed by atoms with Crippen LogP contribution < -0.4 is 5.32 Å². The molecule has 0 spiro atoms. The molecule has 3 aromatic rings. The highest BCUT2D eigenvalue weighted by molar-refractivity contribution is 7.19. The maximum Gasteiger partial charge on any atom is 0.410 e. The number of aryl methyl sites for hydroxylation is 2. The zero-order valence-corrected chi connectivity index (χ0v) is 24.4. The second-order valence-corrected chi connectivity index (χ2v) is 11.7. The summed E-state index contributed by atoms with van der Waals surface area (Å²) >= 11 is 1.43. The minimum absolute atomic E-state index is 0.174. The van der Waals surface area contributed by atoms with Crippen LogP contribution in [0.5, 0.6) is 0 Å². The first kappa shape index (κ1) is 28.2. The van der Waals surface area contributed by atoms with Crippen molar-refractivity contribution in [3.05, 3.63) is 53.3 Å². The molecule has 3 heterocycles. The van der Waals surface area contributed by atoms with E-state index in [-0.39, 0.29) is 18.2 Å². The first-order chi connectivity index (χ1) is 18.4. The Hall–Kier alpha value is -3.79. The lowest BCUT2D eigenvalue weighted by molar-refractivity contribution is 0.00589. The predicted octanol–water partition coefficient (Wildman–Crippen LogP) is 6.01. The Morgan fingerprint density at radius 3 is 2.46 bits per heavy atom. The van der Waals surface area contributed by atoms with Crippen LogP contribution >= 0.6 is 11.3 Å². The fourth-order valence-electron chi connectivity index (χ4n) is 4.55. The van der Waals surface area contributed by atoms with Crippen molar-refractivity contribution >= 4 is 34.8 Å². The number of carbonyl (C=O) groups excluding carboxylic acids is 2. The van der Waals surface area contributed by atoms with Crippen molar-refractivity contribution < 1.29 is 14.3 Å². The molecule has 206 valence electrons. The smallest absolute Gasteiger partial charge is 0.410 e. The summed E-state index contributed by atoms with van der Waals surface area (Å²) < 4.78 is 5.53. The Balaban J connectivity index is 1.58. The van der Waals surface area contributed by atoms with Gasteiger partial charge in [0.15, 0.2) is 5.13 Å². The fraction of sp³-hybridized carbons (Fsp3) is 0.414. The minimum Gasteiger partial charge on any atom is -0.444 e. The van der Waals surface area contributed by atoms with Crippen molar-refractivity contribution in [1.82, 2.24) is 19.8 Å². The van der Waals surface area contributed by atoms with Gasteiger partial charge in [-0.2, -0.15) is 0 Å². The second kappa shape index (κ2) is 11.5. The average molecular weight is 549 g/mol. The summed E-state index contributed by atoms with van der Waals surface area (Å²) in [5.41, 5.74) is 4.96. The molecule has 3 amide bonds. The summed E-state index contributed by atoms with van der Waals surface area (Å²) in [6, 6.07) is 11.7. The van der Waals surface area contributed by atoms with E-state index in [9.17, 15) is 9.59 Å². The first-order valence-electron chi connectivity index (χ1n) is 13.0. The van der Waals surface area contributed by atoms with Gasteiger partial charge in [-0.15, -0.1) is 0 Å². The van der Waals surface area contributed by atoms with Crippen LogP contribution in [-0.4, -0.2) is 76.4 Å². The number of hydrogen-bond acceptors (Lipinski definition) is 7. The summed E-state index contributed by atoms with van der Waals surface area (Å²) in [5, 5.41) is 3.51. The first-order valence-corrected chi connectivity index (χ1v) is 13.8. The van der Waals surface area contributed by atoms with Gasteiger partial charge in [-0.25, -0.2) is 14.6 Å². The molecule has 1 atom stereocenters. The molecule has 1 aliphatic rings. The van der Waals surface area contributed by atoms with Crippen LogP contribution in [0.4, 0.5) is 14.7 Å². The Morgan fingerprint density at radius 2 is 1.82 bits per heavy atom. The molecule has 0 saturated carbocycles. The number of hydrogen-bond donors (Lipinski definition) is 1. The molecule has 0 radical (unpaired) electrons. The molecular weight excluding hydrogens is 512 g/mol. The van der Waals surface area contributed by atoms with Crippen molar-refractivity contribution in [2.75, 3.05) is 32.0 Å². The number of urea groups is 1. The molecule has 2 aromatic heterocycles. The quantitative estimate of drug-likeness (QED) is 0.403. The maximum absolute atomic E-state index is 13.3. The number of pyridine rings is 1. The largest absolute Gasteiger partial charge is 0.444 e. The van der Waals surface area contributed by atoms with Gasteiger partial charge in [0, 0.05) is 55.9 Å². The van der Waals surface area contributed by atoms with E-state index in [0.717, 1.165) is 38.6 Å². The number of benzene rings is 1. The van der Waals surface area contributed by atoms with Gasteiger partial charge < -0.3 is 14.5 Å². The highest BCUT2D eigenvalue weighted by atomic mass is 32.1. The number of ether oxygens (including phenoxy) is 1. The number of thiazole rings is 1. The summed E-state index contributed by atoms with van der Waals surface area (Å²) in [5.74, 6) is 0. The van der Waals surface area contributed by atoms with E-state index >= 15 is 0 Å². The molecule has 0 bridgehead atoms. The minimum atomic E-state index is -0.569. The maximum atomic E-state index is 13.3. The number of piperazine rings is 1. The number of carbonyl (C=O) groups is 2. The zero-order valence-electron chi connectivity index (χ0n) is 23.6. The normalized spacial score (nSPS) is 16.0. The van der Waals surface area contributed by atoms with Crippen LogP contribution in [0.3, 0.4) is 0 Å². The number of aromatic nitrogens is 2. The van der Waals surface area contributed by atoms with Crippen molar-refractivity contribution in [1.29, 1.82) is 0 Å². The topological polar surface area (TPSA) is 100 Å². The lowest BCUT2D eigenvalue weighted by Crippen LogP contribution is -2.57. The third-order valence-electron chi connectivity index (χ3n) is 6.17. The number of rotatable bonds is 4. The fourth-order valence-corrected chi connectivity index (χ4v) is 5.51. The molecule has 39 heavy (non-hydrogen) atoms. The van der Waals surface area contributed by atoms with E-state index < -0.39 is 5.60 Å². The van der Waals surface area contributed by atoms with Gasteiger partial charge in [0.2, 0.25) is 0 Å². The molecule has 1 N–H and O–H groups in total. The summed E-state index contributed by atoms with van der Waals surface area (Å²) in [6.07, 6.45) is 1.44. The van der Waals surface area contributed by atoms with Crippen molar-refractivity contribution in [2.45, 2.75) is 53.2 Å². The highest BCUT2D eigenvalue weighted by Crippen LogP contribution is 2.39. The lowest BCUT2D eigenvalue weighted by Gasteiger charge is -2.40. The molecule has 0 unspecified atom stereocenters. The molecule has 1 aliphatic heterocycles. The van der Waals surface area contributed by atoms with E-state index in [1.807, 2.05) is 77.9 Å². The standard InChI is InChI=1S/C29H36N6O3S/c1-18-13-23(14-19(2)31-18)25-24(22-10-8-9-21(15-22)16-30-7)32-26(39-25)33-27(36)34-11-12-35(20(3)17-34)28(37)38-29(4,5)6/h8-10,13-16,20H,11-12,17H2,1-7H3,(H,32,33,36)/t20-/m1/s1. The Morgan fingerprint density at radius 1 is 1.10 bits per heavy atom. The van der Waals surface area contributed by atoms with E-state index in [2.05, 4.69) is 15.3 Å². The predicted molar refractivity (Wildman–Crippen MR) is 157 cm³/mol. The van der Waals surface area contributed by atoms with Gasteiger partial charge in [-0.3, -0.25) is 15.3 Å². The SMILES string of the molecule is CN=Cc1cccc(-c2nc(NC(=O)N3CCN(C(=O)OC(C)(C)C)[C@H](C)C3)sc2-c2cc(C)nc(C)c2)c1. The van der Waals surface area contributed by atoms with Gasteiger partial charge in [0.25, 0.3) is 0 Å². The second-order valence-electron chi connectivity index (χ2n) is 10.7. The Kier molecular flexibility index (Phi) is 8.34. The highest BCUT2D eigenvalue weighted by Gasteiger charge is 2.33. The van der Waals surface area contributed by atoms with Gasteiger partial charge in [0.1, 0.15) is 5.60 Å². The molecule has 9 nitrogen and oxygen atoms in total. The summed E-state index contributed by atoms with van der Waals surface area (Å²) in [6.45, 7) is 12.6. The van der Waals surface area contributed by atoms with Crippen molar-refractivity contribution in [3.63, 3.8) is 0 Å². The third kappa shape index (κ3) is 7.00. The number of anilines is 1. The van der Waals surface area contributed by atoms with Gasteiger partial charge in [0.05, 0.1) is 10.6 Å². The van der Waals surface area contributed by atoms with Gasteiger partial charge in [-0.05, 0) is 70.9 Å². The third-order valence-corrected chi connectivity index (χ3v) is 7.19. The molecule has 1 saturated heterocycles. The number of amides is 3. The van der Waals surface area contributed by atoms with Gasteiger partial charge >= 0.3 is 12.1 Å². The molecule has 4 rings (SSSR count). The van der Waals surface area contributed by atoms with Crippen LogP contribution in [0.2, 0.25) is 0 Å². The number of aliphatic imine (C=N–C) groups is 1. The van der Waals surface area contributed by atoms with Crippen LogP contribution in [0, 0.1) is 13.8 Å². The molecular formula is C29H36N6O3S. The summed E-state index contributed by atoms with van der Waals surface area (Å²) in [7, 11) is 1.74. The van der Waals surface area contributed by atoms with Gasteiger partial charge in [-0.1, -0.05) is 29.5 Å². The molecule has 1 fully saturated rings. The zero-order chi connectivity index (χ0) is 28.3. The van der Waals surface area contributed by atoms with E-state index in [1.165, 1.54) is 11.3 Å². The van der Waals surface area contributed by atoms with Crippen LogP contribution in [-0.2, 0) is 4.74 Å². The number of nitrogens with one attached hydrogen (secondary N) is 1. The van der Waals surface area contributed by atoms with E-state index in [1.54, 1.807) is 23.1 Å². The molecule has 10 heteroatoms. The van der Waals surface area contributed by atoms with E-state index in [0.29, 0.717) is 24.8 Å². The van der Waals surface area contributed by atoms with Crippen LogP contribution in [0.15, 0.2) is 41.4 Å². The Bertz CT molecular complexity index is 1370.